The van der Waals surface area contributed by atoms with Crippen molar-refractivity contribution in [3.63, 3.8) is 0 Å². The van der Waals surface area contributed by atoms with Gasteiger partial charge in [-0.05, 0) is 6.07 Å². The van der Waals surface area contributed by atoms with E-state index < -0.39 is 0 Å². The summed E-state index contributed by atoms with van der Waals surface area (Å²) >= 11 is 1.97. The van der Waals surface area contributed by atoms with Gasteiger partial charge in [-0.1, -0.05) is 0 Å². The van der Waals surface area contributed by atoms with E-state index in [-0.39, 0.29) is 0 Å². The van der Waals surface area contributed by atoms with Gasteiger partial charge in [0.15, 0.2) is 0 Å². The third-order valence-electron chi connectivity index (χ3n) is 1.04. The predicted molar refractivity (Wildman–Crippen MR) is 46.6 cm³/mol. The Morgan fingerprint density at radius 1 is 1.70 bits per heavy atom. The van der Waals surface area contributed by atoms with Crippen LogP contribution >= 0.6 is 22.9 Å². The highest BCUT2D eigenvalue weighted by Gasteiger charge is 1.96. The molecule has 3 nitrogen and oxygen atoms in total. The lowest BCUT2D eigenvalue weighted by atomic mass is 10.3. The van der Waals surface area contributed by atoms with Crippen molar-refractivity contribution >= 4 is 28.6 Å². The standard InChI is InChI=1S/C6H4IN3/c7-10-6-1-2-9-4-5(6)3-8/h1-2,4H,(H,9,10). The summed E-state index contributed by atoms with van der Waals surface area (Å²) in [5.74, 6) is 0. The van der Waals surface area contributed by atoms with Gasteiger partial charge in [0.25, 0.3) is 0 Å². The molecule has 1 aromatic rings. The minimum Gasteiger partial charge on any atom is -0.327 e. The van der Waals surface area contributed by atoms with Crippen LogP contribution in [0.1, 0.15) is 5.56 Å². The number of halogens is 1. The van der Waals surface area contributed by atoms with Crippen molar-refractivity contribution in [2.45, 2.75) is 0 Å². The number of nitrogens with zero attached hydrogens (tertiary/aromatic N) is 2. The van der Waals surface area contributed by atoms with Crippen molar-refractivity contribution in [1.29, 1.82) is 5.26 Å². The fourth-order valence-electron chi connectivity index (χ4n) is 0.566. The van der Waals surface area contributed by atoms with Gasteiger partial charge >= 0.3 is 0 Å². The van der Waals surface area contributed by atoms with Crippen molar-refractivity contribution in [2.24, 2.45) is 0 Å². The first-order chi connectivity index (χ1) is 4.88. The fourth-order valence-corrected chi connectivity index (χ4v) is 1.04. The van der Waals surface area contributed by atoms with Crippen LogP contribution < -0.4 is 3.53 Å². The van der Waals surface area contributed by atoms with Crippen LogP contribution in [0.4, 0.5) is 5.69 Å². The molecule has 0 radical (unpaired) electrons. The van der Waals surface area contributed by atoms with Gasteiger partial charge in [0.1, 0.15) is 6.07 Å². The van der Waals surface area contributed by atoms with E-state index in [4.69, 9.17) is 5.26 Å². The van der Waals surface area contributed by atoms with Crippen LogP contribution in [0.15, 0.2) is 18.5 Å². The molecule has 1 rings (SSSR count). The van der Waals surface area contributed by atoms with Gasteiger partial charge in [-0.15, -0.1) is 0 Å². The first-order valence-corrected chi connectivity index (χ1v) is 3.67. The van der Waals surface area contributed by atoms with Crippen molar-refractivity contribution in [3.8, 4) is 6.07 Å². The normalized spacial score (nSPS) is 8.40. The average Bonchev–Trinajstić information content (AvgIpc) is 2.04. The molecule has 0 spiro atoms. The van der Waals surface area contributed by atoms with Gasteiger partial charge in [-0.2, -0.15) is 5.26 Å². The molecule has 0 atom stereocenters. The smallest absolute Gasteiger partial charge is 0.103 e. The maximum Gasteiger partial charge on any atom is 0.103 e. The van der Waals surface area contributed by atoms with Crippen LogP contribution in [0, 0.1) is 11.3 Å². The Labute approximate surface area is 72.6 Å². The van der Waals surface area contributed by atoms with Gasteiger partial charge in [0.05, 0.1) is 34.1 Å². The zero-order valence-corrected chi connectivity index (χ0v) is 7.16. The van der Waals surface area contributed by atoms with Gasteiger partial charge < -0.3 is 3.53 Å². The van der Waals surface area contributed by atoms with Crippen LogP contribution in [0.5, 0.6) is 0 Å². The second-order valence-corrected chi connectivity index (χ2v) is 2.17. The number of anilines is 1. The monoisotopic (exact) mass is 245 g/mol. The first-order valence-electron chi connectivity index (χ1n) is 2.59. The van der Waals surface area contributed by atoms with Crippen LogP contribution in [0.2, 0.25) is 0 Å². The molecule has 1 aromatic heterocycles. The zero-order chi connectivity index (χ0) is 7.40. The molecule has 0 amide bonds. The number of nitrogens with one attached hydrogen (secondary N) is 1. The Kier molecular flexibility index (Phi) is 2.45. The highest BCUT2D eigenvalue weighted by molar-refractivity contribution is 14.1. The van der Waals surface area contributed by atoms with E-state index in [1.54, 1.807) is 12.3 Å². The Balaban J connectivity index is 3.12. The molecule has 0 saturated heterocycles. The van der Waals surface area contributed by atoms with E-state index in [1.165, 1.54) is 6.20 Å². The second kappa shape index (κ2) is 3.37. The lowest BCUT2D eigenvalue weighted by molar-refractivity contribution is 1.31. The van der Waals surface area contributed by atoms with Crippen LogP contribution in [0.25, 0.3) is 0 Å². The van der Waals surface area contributed by atoms with E-state index in [0.717, 1.165) is 5.69 Å². The lowest BCUT2D eigenvalue weighted by Gasteiger charge is -1.96. The Hall–Kier alpha value is -0.830. The number of hydrogen-bond donors (Lipinski definition) is 1. The van der Waals surface area contributed by atoms with Gasteiger partial charge in [0, 0.05) is 12.4 Å². The van der Waals surface area contributed by atoms with Crippen molar-refractivity contribution in [3.05, 3.63) is 24.0 Å². The Morgan fingerprint density at radius 3 is 3.00 bits per heavy atom. The summed E-state index contributed by atoms with van der Waals surface area (Å²) in [6, 6.07) is 3.77. The summed E-state index contributed by atoms with van der Waals surface area (Å²) in [6.07, 6.45) is 3.17. The Bertz CT molecular complexity index is 266. The number of hydrogen-bond acceptors (Lipinski definition) is 3. The molecule has 50 valence electrons. The van der Waals surface area contributed by atoms with E-state index >= 15 is 0 Å². The molecule has 0 unspecified atom stereocenters. The molecule has 10 heavy (non-hydrogen) atoms. The molecule has 0 aliphatic carbocycles. The molecule has 1 N–H and O–H groups in total. The van der Waals surface area contributed by atoms with E-state index in [0.29, 0.717) is 5.56 Å². The van der Waals surface area contributed by atoms with Gasteiger partial charge in [-0.25, -0.2) is 0 Å². The third-order valence-corrected chi connectivity index (χ3v) is 1.62. The summed E-state index contributed by atoms with van der Waals surface area (Å²) in [4.78, 5) is 3.80. The van der Waals surface area contributed by atoms with Gasteiger partial charge in [0.2, 0.25) is 0 Å². The number of rotatable bonds is 1. The van der Waals surface area contributed by atoms with E-state index in [9.17, 15) is 0 Å². The molecule has 0 aliphatic rings. The summed E-state index contributed by atoms with van der Waals surface area (Å²) in [5, 5.41) is 8.52. The van der Waals surface area contributed by atoms with Crippen molar-refractivity contribution in [2.75, 3.05) is 3.53 Å². The van der Waals surface area contributed by atoms with Gasteiger partial charge in [-0.3, -0.25) is 4.98 Å². The summed E-state index contributed by atoms with van der Waals surface area (Å²) in [7, 11) is 0. The number of pyridine rings is 1. The second-order valence-electron chi connectivity index (χ2n) is 1.63. The molecule has 0 saturated carbocycles. The maximum atomic E-state index is 8.52. The summed E-state index contributed by atoms with van der Waals surface area (Å²) in [5.41, 5.74) is 1.37. The molecule has 0 aliphatic heterocycles. The SMILES string of the molecule is N#Cc1cnccc1NI. The number of nitriles is 1. The number of aromatic nitrogens is 1. The molecule has 0 bridgehead atoms. The lowest BCUT2D eigenvalue weighted by Crippen LogP contribution is -1.85. The topological polar surface area (TPSA) is 48.7 Å². The summed E-state index contributed by atoms with van der Waals surface area (Å²) in [6.45, 7) is 0. The molecule has 0 fully saturated rings. The highest BCUT2D eigenvalue weighted by Crippen LogP contribution is 2.12. The minimum atomic E-state index is 0.567. The average molecular weight is 245 g/mol. The molecule has 0 aromatic carbocycles. The largest absolute Gasteiger partial charge is 0.327 e. The fraction of sp³-hybridized carbons (Fsp3) is 0. The Morgan fingerprint density at radius 2 is 2.50 bits per heavy atom. The summed E-state index contributed by atoms with van der Waals surface area (Å²) < 4.78 is 2.85. The van der Waals surface area contributed by atoms with Crippen LogP contribution in [0.3, 0.4) is 0 Å². The molecule has 4 heteroatoms. The van der Waals surface area contributed by atoms with Crippen molar-refractivity contribution < 1.29 is 0 Å². The van der Waals surface area contributed by atoms with Crippen LogP contribution in [-0.2, 0) is 0 Å². The molecular weight excluding hydrogens is 241 g/mol. The quantitative estimate of drug-likeness (QED) is 0.605. The zero-order valence-electron chi connectivity index (χ0n) is 5.00. The molecular formula is C6H4IN3. The van der Waals surface area contributed by atoms with Crippen LogP contribution in [-0.4, -0.2) is 4.98 Å². The minimum absolute atomic E-state index is 0.567. The maximum absolute atomic E-state index is 8.52. The van der Waals surface area contributed by atoms with E-state index in [2.05, 4.69) is 8.51 Å². The van der Waals surface area contributed by atoms with E-state index in [1.807, 2.05) is 28.9 Å². The highest BCUT2D eigenvalue weighted by atomic mass is 127. The predicted octanol–water partition coefficient (Wildman–Crippen LogP) is 1.72. The molecule has 1 heterocycles. The van der Waals surface area contributed by atoms with Crippen molar-refractivity contribution in [1.82, 2.24) is 4.98 Å². The first kappa shape index (κ1) is 7.28. The third kappa shape index (κ3) is 1.36.